The number of hydrogen-bond acceptors (Lipinski definition) is 5. The van der Waals surface area contributed by atoms with Gasteiger partial charge in [0, 0.05) is 17.0 Å². The quantitative estimate of drug-likeness (QED) is 0.621. The minimum atomic E-state index is 0.134. The predicted octanol–water partition coefficient (Wildman–Crippen LogP) is 2.21. The molecule has 6 heteroatoms. The lowest BCUT2D eigenvalue weighted by atomic mass is 9.74. The summed E-state index contributed by atoms with van der Waals surface area (Å²) in [5, 5.41) is 15.6. The predicted molar refractivity (Wildman–Crippen MR) is 108 cm³/mol. The number of fused-ring (bicyclic) bond motifs is 2. The number of nitrogens with zero attached hydrogens (tertiary/aromatic N) is 2. The van der Waals surface area contributed by atoms with Gasteiger partial charge in [-0.05, 0) is 49.0 Å². The third kappa shape index (κ3) is 2.88. The number of hydrogen-bond donors (Lipinski definition) is 4. The Balaban J connectivity index is 1.80. The average Bonchev–Trinajstić information content (AvgIpc) is 3.28. The largest absolute Gasteiger partial charge is 0.374 e. The first-order valence-corrected chi connectivity index (χ1v) is 9.56. The topological polar surface area (TPSA) is 91.1 Å². The van der Waals surface area contributed by atoms with Crippen LogP contribution in [-0.2, 0) is 0 Å². The Hall–Kier alpha value is -2.78. The highest BCUT2D eigenvalue weighted by molar-refractivity contribution is 6.06. The third-order valence-electron chi connectivity index (χ3n) is 5.61. The zero-order chi connectivity index (χ0) is 19.0. The van der Waals surface area contributed by atoms with Crippen LogP contribution in [0.4, 0.5) is 0 Å². The number of allylic oxidation sites excluding steroid dienone is 2. The van der Waals surface area contributed by atoms with Crippen LogP contribution in [0.25, 0.3) is 0 Å². The Morgan fingerprint density at radius 2 is 2.15 bits per heavy atom. The molecule has 0 saturated heterocycles. The normalized spacial score (nSPS) is 25.9. The van der Waals surface area contributed by atoms with Gasteiger partial charge in [-0.25, -0.2) is 0 Å². The number of aromatic nitrogens is 2. The summed E-state index contributed by atoms with van der Waals surface area (Å²) in [6.45, 7) is 6.89. The van der Waals surface area contributed by atoms with E-state index in [1.54, 1.807) is 0 Å². The van der Waals surface area contributed by atoms with Crippen molar-refractivity contribution in [3.05, 3.63) is 52.0 Å². The van der Waals surface area contributed by atoms with Crippen molar-refractivity contribution in [2.45, 2.75) is 45.7 Å². The van der Waals surface area contributed by atoms with Crippen LogP contribution >= 0.6 is 0 Å². The molecule has 0 fully saturated rings. The van der Waals surface area contributed by atoms with Gasteiger partial charge in [-0.15, -0.1) is 0 Å². The van der Waals surface area contributed by atoms with E-state index >= 15 is 0 Å². The summed E-state index contributed by atoms with van der Waals surface area (Å²) >= 11 is 0. The van der Waals surface area contributed by atoms with E-state index in [9.17, 15) is 0 Å². The molecule has 0 aromatic carbocycles. The minimum absolute atomic E-state index is 0.134. The second-order valence-electron chi connectivity index (χ2n) is 7.25. The van der Waals surface area contributed by atoms with Crippen molar-refractivity contribution in [3.8, 4) is 11.8 Å². The van der Waals surface area contributed by atoms with E-state index in [0.29, 0.717) is 6.54 Å². The summed E-state index contributed by atoms with van der Waals surface area (Å²) in [4.78, 5) is 0. The molecule has 0 spiro atoms. The lowest BCUT2D eigenvalue weighted by molar-refractivity contribution is 0.557. The first-order chi connectivity index (χ1) is 13.2. The Kier molecular flexibility index (Phi) is 4.63. The van der Waals surface area contributed by atoms with Crippen LogP contribution in [0.5, 0.6) is 0 Å². The molecule has 4 rings (SSSR count). The molecule has 1 aliphatic carbocycles. The van der Waals surface area contributed by atoms with Crippen molar-refractivity contribution in [2.24, 2.45) is 16.8 Å². The molecule has 0 saturated carbocycles. The number of hydrazone groups is 1. The molecule has 3 heterocycles. The first kappa shape index (κ1) is 17.6. The standard InChI is InChI=1S/C21H26N6/c1-4-6-14-12(2)19-16(24-21(14)15-11-23-25-13(15)3)8-9-18-20(19)17(26-27-18)7-5-10-22/h8-9,11,18,20-21,24,27H,4,6,10,22H2,1-3H3,(H,23,25). The summed E-state index contributed by atoms with van der Waals surface area (Å²) in [7, 11) is 0. The van der Waals surface area contributed by atoms with Crippen LogP contribution in [0.15, 0.2) is 45.9 Å². The molecule has 1 aromatic rings. The average molecular weight is 362 g/mol. The van der Waals surface area contributed by atoms with Crippen LogP contribution in [0, 0.1) is 24.7 Å². The Morgan fingerprint density at radius 1 is 1.30 bits per heavy atom. The van der Waals surface area contributed by atoms with E-state index < -0.39 is 0 Å². The molecule has 1 aromatic heterocycles. The van der Waals surface area contributed by atoms with Gasteiger partial charge >= 0.3 is 0 Å². The number of nitrogens with two attached hydrogens (primary N) is 1. The van der Waals surface area contributed by atoms with Crippen molar-refractivity contribution in [3.63, 3.8) is 0 Å². The van der Waals surface area contributed by atoms with Gasteiger partial charge < -0.3 is 16.5 Å². The number of rotatable bonds is 3. The van der Waals surface area contributed by atoms with Gasteiger partial charge in [-0.1, -0.05) is 25.3 Å². The molecular formula is C21H26N6. The van der Waals surface area contributed by atoms with Crippen LogP contribution < -0.4 is 16.5 Å². The van der Waals surface area contributed by atoms with E-state index in [4.69, 9.17) is 5.73 Å². The van der Waals surface area contributed by atoms with Crippen LogP contribution in [-0.4, -0.2) is 28.5 Å². The van der Waals surface area contributed by atoms with Crippen LogP contribution in [0.3, 0.4) is 0 Å². The molecule has 5 N–H and O–H groups in total. The van der Waals surface area contributed by atoms with E-state index in [1.807, 2.05) is 6.20 Å². The summed E-state index contributed by atoms with van der Waals surface area (Å²) in [6, 6.07) is 0.297. The summed E-state index contributed by atoms with van der Waals surface area (Å²) in [5.74, 6) is 6.26. The third-order valence-corrected chi connectivity index (χ3v) is 5.61. The molecular weight excluding hydrogens is 336 g/mol. The lowest BCUT2D eigenvalue weighted by Crippen LogP contribution is -2.38. The Bertz CT molecular complexity index is 933. The second kappa shape index (κ2) is 7.09. The van der Waals surface area contributed by atoms with Gasteiger partial charge in [0.15, 0.2) is 0 Å². The van der Waals surface area contributed by atoms with E-state index in [-0.39, 0.29) is 18.0 Å². The molecule has 3 atom stereocenters. The van der Waals surface area contributed by atoms with E-state index in [2.05, 4.69) is 70.8 Å². The Morgan fingerprint density at radius 3 is 2.85 bits per heavy atom. The van der Waals surface area contributed by atoms with Crippen molar-refractivity contribution >= 4 is 5.71 Å². The zero-order valence-corrected chi connectivity index (χ0v) is 16.1. The number of dihydropyridines is 1. The maximum absolute atomic E-state index is 5.58. The summed E-state index contributed by atoms with van der Waals surface area (Å²) in [5.41, 5.74) is 17.2. The van der Waals surface area contributed by atoms with Gasteiger partial charge in [0.25, 0.3) is 0 Å². The fraction of sp³-hybridized carbons (Fsp3) is 0.429. The lowest BCUT2D eigenvalue weighted by Gasteiger charge is -2.37. The minimum Gasteiger partial charge on any atom is -0.374 e. The fourth-order valence-electron chi connectivity index (χ4n) is 4.34. The molecule has 2 aliphatic heterocycles. The van der Waals surface area contributed by atoms with Gasteiger partial charge in [0.05, 0.1) is 30.7 Å². The van der Waals surface area contributed by atoms with Gasteiger partial charge in [-0.3, -0.25) is 5.10 Å². The van der Waals surface area contributed by atoms with Gasteiger partial charge in [-0.2, -0.15) is 10.2 Å². The van der Waals surface area contributed by atoms with Crippen LogP contribution in [0.1, 0.15) is 44.0 Å². The molecule has 3 aliphatic rings. The van der Waals surface area contributed by atoms with Crippen molar-refractivity contribution in [1.82, 2.24) is 20.9 Å². The molecule has 0 radical (unpaired) electrons. The number of H-pyrrole nitrogens is 1. The highest BCUT2D eigenvalue weighted by atomic mass is 15.3. The molecule has 27 heavy (non-hydrogen) atoms. The SMILES string of the molecule is CCCC1=C(C)C2=C(C=CC3NN=C(C#CCN)C23)NC1c1cn[nH]c1C. The van der Waals surface area contributed by atoms with E-state index in [0.717, 1.165) is 29.9 Å². The first-order valence-electron chi connectivity index (χ1n) is 9.56. The number of aryl methyl sites for hydroxylation is 1. The Labute approximate surface area is 160 Å². The summed E-state index contributed by atoms with van der Waals surface area (Å²) < 4.78 is 0. The monoisotopic (exact) mass is 362 g/mol. The molecule has 140 valence electrons. The fourth-order valence-corrected chi connectivity index (χ4v) is 4.34. The van der Waals surface area contributed by atoms with Crippen LogP contribution in [0.2, 0.25) is 0 Å². The molecule has 0 amide bonds. The second-order valence-corrected chi connectivity index (χ2v) is 7.25. The summed E-state index contributed by atoms with van der Waals surface area (Å²) in [6.07, 6.45) is 8.43. The van der Waals surface area contributed by atoms with Crippen molar-refractivity contribution in [1.29, 1.82) is 0 Å². The maximum Gasteiger partial charge on any atom is 0.120 e. The van der Waals surface area contributed by atoms with E-state index in [1.165, 1.54) is 22.3 Å². The molecule has 0 bridgehead atoms. The van der Waals surface area contributed by atoms with Crippen molar-refractivity contribution < 1.29 is 0 Å². The molecule has 6 nitrogen and oxygen atoms in total. The van der Waals surface area contributed by atoms with Crippen molar-refractivity contribution in [2.75, 3.05) is 6.54 Å². The molecule has 3 unspecified atom stereocenters. The zero-order valence-electron chi connectivity index (χ0n) is 16.1. The van der Waals surface area contributed by atoms with Gasteiger partial charge in [0.1, 0.15) is 5.71 Å². The van der Waals surface area contributed by atoms with Gasteiger partial charge in [0.2, 0.25) is 0 Å². The maximum atomic E-state index is 5.58. The highest BCUT2D eigenvalue weighted by Gasteiger charge is 2.40. The smallest absolute Gasteiger partial charge is 0.120 e. The number of aromatic amines is 1. The number of nitrogens with one attached hydrogen (secondary N) is 3. The highest BCUT2D eigenvalue weighted by Crippen LogP contribution is 2.43.